The predicted molar refractivity (Wildman–Crippen MR) is 125 cm³/mol. The number of rotatable bonds is 10. The van der Waals surface area contributed by atoms with Crippen molar-refractivity contribution in [3.8, 4) is 0 Å². The Morgan fingerprint density at radius 1 is 1.04 bits per heavy atom. The monoisotopic (exact) mass is 499 g/mol. The smallest absolute Gasteiger partial charge is 0.193 e. The highest BCUT2D eigenvalue weighted by atomic mass is 127. The van der Waals surface area contributed by atoms with Crippen LogP contribution in [-0.4, -0.2) is 44.7 Å². The molecule has 1 N–H and O–H groups in total. The summed E-state index contributed by atoms with van der Waals surface area (Å²) in [7, 11) is 3.71. The molecule has 0 heterocycles. The first-order chi connectivity index (χ1) is 13.2. The summed E-state index contributed by atoms with van der Waals surface area (Å²) in [6, 6.07) is 17.0. The standard InChI is InChI=1S/C22H30FN3O.HI/c1-24-22(26(2)18-20-11-8-12-21(23)17-20)25-14-6-7-15-27-16-13-19-9-4-3-5-10-19;/h3-5,8-12,17H,6-7,13-16,18H2,1-2H3,(H,24,25);1H. The van der Waals surface area contributed by atoms with E-state index in [4.69, 9.17) is 4.74 Å². The molecule has 0 saturated heterocycles. The second-order valence-corrected chi connectivity index (χ2v) is 6.52. The molecule has 0 bridgehead atoms. The molecule has 4 nitrogen and oxygen atoms in total. The van der Waals surface area contributed by atoms with E-state index in [-0.39, 0.29) is 29.8 Å². The van der Waals surface area contributed by atoms with Crippen LogP contribution in [0.15, 0.2) is 59.6 Å². The van der Waals surface area contributed by atoms with Crippen LogP contribution in [-0.2, 0) is 17.7 Å². The summed E-state index contributed by atoms with van der Waals surface area (Å²) in [5, 5.41) is 3.35. The summed E-state index contributed by atoms with van der Waals surface area (Å²) in [6.07, 6.45) is 2.97. The molecule has 0 spiro atoms. The zero-order valence-corrected chi connectivity index (χ0v) is 19.1. The van der Waals surface area contributed by atoms with Crippen LogP contribution in [0.4, 0.5) is 4.39 Å². The van der Waals surface area contributed by atoms with E-state index < -0.39 is 0 Å². The van der Waals surface area contributed by atoms with Gasteiger partial charge in [0, 0.05) is 33.8 Å². The maximum atomic E-state index is 13.3. The average molecular weight is 499 g/mol. The molecule has 0 aromatic heterocycles. The summed E-state index contributed by atoms with van der Waals surface area (Å²) in [6.45, 7) is 2.98. The molecule has 0 radical (unpaired) electrons. The van der Waals surface area contributed by atoms with Crippen LogP contribution in [0.3, 0.4) is 0 Å². The molecule has 2 aromatic rings. The number of aliphatic imine (C=N–C) groups is 1. The third kappa shape index (κ3) is 9.50. The van der Waals surface area contributed by atoms with E-state index in [2.05, 4.69) is 34.6 Å². The Morgan fingerprint density at radius 3 is 2.50 bits per heavy atom. The molecule has 0 fully saturated rings. The van der Waals surface area contributed by atoms with Crippen molar-refractivity contribution in [2.75, 3.05) is 33.9 Å². The average Bonchev–Trinajstić information content (AvgIpc) is 2.67. The quantitative estimate of drug-likeness (QED) is 0.227. The van der Waals surface area contributed by atoms with Crippen molar-refractivity contribution >= 4 is 29.9 Å². The molecule has 0 aliphatic heterocycles. The number of hydrogen-bond donors (Lipinski definition) is 1. The lowest BCUT2D eigenvalue weighted by molar-refractivity contribution is 0.133. The van der Waals surface area contributed by atoms with Crippen LogP contribution in [0, 0.1) is 5.82 Å². The van der Waals surface area contributed by atoms with Gasteiger partial charge in [-0.2, -0.15) is 0 Å². The molecule has 0 saturated carbocycles. The Morgan fingerprint density at radius 2 is 1.79 bits per heavy atom. The zero-order chi connectivity index (χ0) is 19.3. The highest BCUT2D eigenvalue weighted by molar-refractivity contribution is 14.0. The molecule has 154 valence electrons. The van der Waals surface area contributed by atoms with Crippen LogP contribution in [0.2, 0.25) is 0 Å². The molecule has 6 heteroatoms. The number of unbranched alkanes of at least 4 members (excludes halogenated alkanes) is 1. The molecule has 0 unspecified atom stereocenters. The highest BCUT2D eigenvalue weighted by Gasteiger charge is 2.06. The highest BCUT2D eigenvalue weighted by Crippen LogP contribution is 2.06. The van der Waals surface area contributed by atoms with Crippen LogP contribution in [0.25, 0.3) is 0 Å². The second-order valence-electron chi connectivity index (χ2n) is 6.52. The molecule has 2 rings (SSSR count). The Balaban J connectivity index is 0.00000392. The van der Waals surface area contributed by atoms with Crippen molar-refractivity contribution in [1.82, 2.24) is 10.2 Å². The number of halogens is 2. The third-order valence-electron chi connectivity index (χ3n) is 4.26. The molecular weight excluding hydrogens is 468 g/mol. The Hall–Kier alpha value is -1.67. The molecule has 0 amide bonds. The van der Waals surface area contributed by atoms with Gasteiger partial charge in [-0.25, -0.2) is 4.39 Å². The van der Waals surface area contributed by atoms with Gasteiger partial charge in [-0.1, -0.05) is 42.5 Å². The zero-order valence-electron chi connectivity index (χ0n) is 16.7. The van der Waals surface area contributed by atoms with Crippen molar-refractivity contribution < 1.29 is 9.13 Å². The predicted octanol–water partition coefficient (Wildman–Crippen LogP) is 4.49. The lowest BCUT2D eigenvalue weighted by Gasteiger charge is -2.22. The van der Waals surface area contributed by atoms with Gasteiger partial charge in [-0.05, 0) is 42.5 Å². The van der Waals surface area contributed by atoms with Gasteiger partial charge in [0.25, 0.3) is 0 Å². The first-order valence-corrected chi connectivity index (χ1v) is 9.47. The van der Waals surface area contributed by atoms with E-state index in [1.807, 2.05) is 24.1 Å². The van der Waals surface area contributed by atoms with Gasteiger partial charge in [0.1, 0.15) is 5.82 Å². The van der Waals surface area contributed by atoms with Crippen molar-refractivity contribution in [3.05, 3.63) is 71.5 Å². The van der Waals surface area contributed by atoms with Crippen LogP contribution in [0.1, 0.15) is 24.0 Å². The van der Waals surface area contributed by atoms with E-state index in [0.717, 1.165) is 50.5 Å². The Labute approximate surface area is 185 Å². The van der Waals surface area contributed by atoms with Gasteiger partial charge in [0.05, 0.1) is 6.61 Å². The van der Waals surface area contributed by atoms with E-state index in [1.54, 1.807) is 19.2 Å². The minimum atomic E-state index is -0.212. The van der Waals surface area contributed by atoms with E-state index in [9.17, 15) is 4.39 Å². The molecule has 0 aliphatic carbocycles. The van der Waals surface area contributed by atoms with Crippen molar-refractivity contribution in [2.45, 2.75) is 25.8 Å². The third-order valence-corrected chi connectivity index (χ3v) is 4.26. The van der Waals surface area contributed by atoms with E-state index >= 15 is 0 Å². The van der Waals surface area contributed by atoms with Crippen LogP contribution < -0.4 is 5.32 Å². The van der Waals surface area contributed by atoms with Crippen LogP contribution >= 0.6 is 24.0 Å². The van der Waals surface area contributed by atoms with Gasteiger partial charge in [-0.15, -0.1) is 24.0 Å². The van der Waals surface area contributed by atoms with E-state index in [1.165, 1.54) is 11.6 Å². The fraction of sp³-hybridized carbons (Fsp3) is 0.409. The normalized spacial score (nSPS) is 11.0. The first kappa shape index (κ1) is 24.4. The van der Waals surface area contributed by atoms with E-state index in [0.29, 0.717) is 6.54 Å². The summed E-state index contributed by atoms with van der Waals surface area (Å²) < 4.78 is 19.0. The number of nitrogens with zero attached hydrogens (tertiary/aromatic N) is 2. The van der Waals surface area contributed by atoms with Crippen molar-refractivity contribution in [3.63, 3.8) is 0 Å². The van der Waals surface area contributed by atoms with Crippen molar-refractivity contribution in [1.29, 1.82) is 0 Å². The SMILES string of the molecule is CN=C(NCCCCOCCc1ccccc1)N(C)Cc1cccc(F)c1.I. The number of ether oxygens (including phenoxy) is 1. The number of benzene rings is 2. The molecule has 28 heavy (non-hydrogen) atoms. The molecular formula is C22H31FIN3O. The summed E-state index contributed by atoms with van der Waals surface area (Å²) in [4.78, 5) is 6.29. The van der Waals surface area contributed by atoms with Crippen LogP contribution in [0.5, 0.6) is 0 Å². The maximum Gasteiger partial charge on any atom is 0.193 e. The minimum Gasteiger partial charge on any atom is -0.381 e. The second kappa shape index (κ2) is 14.3. The largest absolute Gasteiger partial charge is 0.381 e. The maximum absolute atomic E-state index is 13.3. The van der Waals surface area contributed by atoms with Gasteiger partial charge < -0.3 is 15.0 Å². The minimum absolute atomic E-state index is 0. The Bertz CT molecular complexity index is 697. The van der Waals surface area contributed by atoms with Gasteiger partial charge in [0.15, 0.2) is 5.96 Å². The lowest BCUT2D eigenvalue weighted by Crippen LogP contribution is -2.38. The summed E-state index contributed by atoms with van der Waals surface area (Å²) in [5.41, 5.74) is 2.23. The van der Waals surface area contributed by atoms with Gasteiger partial charge in [0.2, 0.25) is 0 Å². The van der Waals surface area contributed by atoms with Crippen molar-refractivity contribution in [2.24, 2.45) is 4.99 Å². The van der Waals surface area contributed by atoms with Gasteiger partial charge >= 0.3 is 0 Å². The number of guanidine groups is 1. The first-order valence-electron chi connectivity index (χ1n) is 9.47. The summed E-state index contributed by atoms with van der Waals surface area (Å²) >= 11 is 0. The topological polar surface area (TPSA) is 36.9 Å². The van der Waals surface area contributed by atoms with Gasteiger partial charge in [-0.3, -0.25) is 4.99 Å². The fourth-order valence-electron chi connectivity index (χ4n) is 2.83. The number of nitrogens with one attached hydrogen (secondary N) is 1. The molecule has 0 atom stereocenters. The molecule has 2 aromatic carbocycles. The summed E-state index contributed by atoms with van der Waals surface area (Å²) in [5.74, 6) is 0.598. The number of hydrogen-bond acceptors (Lipinski definition) is 2. The lowest BCUT2D eigenvalue weighted by atomic mass is 10.2. The molecule has 0 aliphatic rings. The Kier molecular flexibility index (Phi) is 12.5. The fourth-order valence-corrected chi connectivity index (χ4v) is 2.83.